The number of thiophene rings is 1. The molecule has 1 N–H and O–H groups in total. The standard InChI is InChI=1S/C9H13NS/c1-2-8(1)5-10-6-9-3-4-11-7-9/h3-4,7-8,10H,1-2,5-6H2. The van der Waals surface area contributed by atoms with Gasteiger partial charge in [0.05, 0.1) is 0 Å². The zero-order chi connectivity index (χ0) is 7.52. The summed E-state index contributed by atoms with van der Waals surface area (Å²) >= 11 is 1.77. The second-order valence-corrected chi connectivity index (χ2v) is 3.99. The summed E-state index contributed by atoms with van der Waals surface area (Å²) < 4.78 is 0. The Hall–Kier alpha value is -0.340. The van der Waals surface area contributed by atoms with Crippen LogP contribution < -0.4 is 5.32 Å². The molecule has 11 heavy (non-hydrogen) atoms. The first-order valence-electron chi connectivity index (χ1n) is 4.17. The summed E-state index contributed by atoms with van der Waals surface area (Å²) in [5.41, 5.74) is 1.43. The van der Waals surface area contributed by atoms with Gasteiger partial charge in [-0.05, 0) is 47.7 Å². The van der Waals surface area contributed by atoms with E-state index in [2.05, 4.69) is 22.1 Å². The van der Waals surface area contributed by atoms with Gasteiger partial charge in [0.1, 0.15) is 0 Å². The van der Waals surface area contributed by atoms with Gasteiger partial charge in [-0.3, -0.25) is 0 Å². The molecule has 1 nitrogen and oxygen atoms in total. The summed E-state index contributed by atoms with van der Waals surface area (Å²) in [7, 11) is 0. The van der Waals surface area contributed by atoms with Crippen LogP contribution in [-0.2, 0) is 6.54 Å². The van der Waals surface area contributed by atoms with E-state index in [1.807, 2.05) is 0 Å². The fourth-order valence-electron chi connectivity index (χ4n) is 1.14. The van der Waals surface area contributed by atoms with Gasteiger partial charge in [-0.15, -0.1) is 0 Å². The lowest BCUT2D eigenvalue weighted by Crippen LogP contribution is -2.15. The van der Waals surface area contributed by atoms with Crippen molar-refractivity contribution in [1.82, 2.24) is 5.32 Å². The molecule has 1 aromatic rings. The highest BCUT2D eigenvalue weighted by atomic mass is 32.1. The first-order chi connectivity index (χ1) is 5.45. The van der Waals surface area contributed by atoms with E-state index in [0.29, 0.717) is 0 Å². The minimum absolute atomic E-state index is 0.994. The monoisotopic (exact) mass is 167 g/mol. The van der Waals surface area contributed by atoms with Crippen molar-refractivity contribution in [1.29, 1.82) is 0 Å². The SMILES string of the molecule is c1cc(CNCC2CC2)cs1. The third-order valence-electron chi connectivity index (χ3n) is 2.04. The molecule has 1 saturated carbocycles. The van der Waals surface area contributed by atoms with Gasteiger partial charge in [0, 0.05) is 6.54 Å². The largest absolute Gasteiger partial charge is 0.312 e. The van der Waals surface area contributed by atoms with Crippen LogP contribution in [0.25, 0.3) is 0 Å². The van der Waals surface area contributed by atoms with Crippen LogP contribution in [-0.4, -0.2) is 6.54 Å². The molecule has 0 amide bonds. The maximum absolute atomic E-state index is 3.46. The maximum atomic E-state index is 3.46. The Labute approximate surface area is 71.4 Å². The average Bonchev–Trinajstić information content (AvgIpc) is 2.66. The third kappa shape index (κ3) is 2.31. The fourth-order valence-corrected chi connectivity index (χ4v) is 1.80. The molecule has 1 heterocycles. The summed E-state index contributed by atoms with van der Waals surface area (Å²) in [5, 5.41) is 7.80. The molecule has 60 valence electrons. The van der Waals surface area contributed by atoms with Crippen molar-refractivity contribution in [3.8, 4) is 0 Å². The van der Waals surface area contributed by atoms with Crippen molar-refractivity contribution in [2.24, 2.45) is 5.92 Å². The first-order valence-corrected chi connectivity index (χ1v) is 5.11. The Bertz CT molecular complexity index is 201. The van der Waals surface area contributed by atoms with Crippen LogP contribution in [0.15, 0.2) is 16.8 Å². The molecule has 1 aliphatic rings. The molecular formula is C9H13NS. The van der Waals surface area contributed by atoms with E-state index in [0.717, 1.165) is 12.5 Å². The topological polar surface area (TPSA) is 12.0 Å². The van der Waals surface area contributed by atoms with Crippen LogP contribution in [0.4, 0.5) is 0 Å². The summed E-state index contributed by atoms with van der Waals surface area (Å²) in [6.45, 7) is 2.27. The summed E-state index contributed by atoms with van der Waals surface area (Å²) in [4.78, 5) is 0. The van der Waals surface area contributed by atoms with Crippen molar-refractivity contribution in [2.45, 2.75) is 19.4 Å². The molecule has 0 aliphatic heterocycles. The van der Waals surface area contributed by atoms with Crippen molar-refractivity contribution in [3.63, 3.8) is 0 Å². The normalized spacial score (nSPS) is 17.1. The van der Waals surface area contributed by atoms with Crippen LogP contribution in [0.1, 0.15) is 18.4 Å². The molecule has 0 bridgehead atoms. The van der Waals surface area contributed by atoms with Gasteiger partial charge in [0.25, 0.3) is 0 Å². The van der Waals surface area contributed by atoms with Crippen molar-refractivity contribution in [3.05, 3.63) is 22.4 Å². The van der Waals surface area contributed by atoms with Gasteiger partial charge in [0.15, 0.2) is 0 Å². The number of hydrogen-bond donors (Lipinski definition) is 1. The highest BCUT2D eigenvalue weighted by Crippen LogP contribution is 2.27. The smallest absolute Gasteiger partial charge is 0.0213 e. The quantitative estimate of drug-likeness (QED) is 0.725. The Morgan fingerprint density at radius 3 is 3.09 bits per heavy atom. The molecule has 0 unspecified atom stereocenters. The molecule has 0 saturated heterocycles. The van der Waals surface area contributed by atoms with Crippen LogP contribution in [0.3, 0.4) is 0 Å². The summed E-state index contributed by atoms with van der Waals surface area (Å²) in [6.07, 6.45) is 2.88. The molecule has 0 radical (unpaired) electrons. The van der Waals surface area contributed by atoms with Gasteiger partial charge >= 0.3 is 0 Å². The van der Waals surface area contributed by atoms with Crippen molar-refractivity contribution in [2.75, 3.05) is 6.54 Å². The summed E-state index contributed by atoms with van der Waals surface area (Å²) in [6, 6.07) is 2.19. The van der Waals surface area contributed by atoms with Gasteiger partial charge in [-0.1, -0.05) is 0 Å². The molecule has 1 aromatic heterocycles. The van der Waals surface area contributed by atoms with Gasteiger partial charge < -0.3 is 5.32 Å². The van der Waals surface area contributed by atoms with Gasteiger partial charge in [-0.2, -0.15) is 11.3 Å². The highest BCUT2D eigenvalue weighted by molar-refractivity contribution is 7.07. The van der Waals surface area contributed by atoms with E-state index in [4.69, 9.17) is 0 Å². The van der Waals surface area contributed by atoms with E-state index in [9.17, 15) is 0 Å². The van der Waals surface area contributed by atoms with Crippen LogP contribution in [0.2, 0.25) is 0 Å². The average molecular weight is 167 g/mol. The second-order valence-electron chi connectivity index (χ2n) is 3.21. The Kier molecular flexibility index (Phi) is 2.24. The predicted molar refractivity (Wildman–Crippen MR) is 48.7 cm³/mol. The number of nitrogens with one attached hydrogen (secondary N) is 1. The maximum Gasteiger partial charge on any atom is 0.0213 e. The highest BCUT2D eigenvalue weighted by Gasteiger charge is 2.19. The molecule has 2 rings (SSSR count). The second kappa shape index (κ2) is 3.37. The van der Waals surface area contributed by atoms with Crippen molar-refractivity contribution >= 4 is 11.3 Å². The van der Waals surface area contributed by atoms with Crippen LogP contribution in [0, 0.1) is 5.92 Å². The zero-order valence-corrected chi connectivity index (χ0v) is 7.36. The van der Waals surface area contributed by atoms with Gasteiger partial charge in [0.2, 0.25) is 0 Å². The molecule has 0 atom stereocenters. The number of rotatable bonds is 4. The zero-order valence-electron chi connectivity index (χ0n) is 6.55. The third-order valence-corrected chi connectivity index (χ3v) is 2.77. The summed E-state index contributed by atoms with van der Waals surface area (Å²) in [5.74, 6) is 0.994. The molecule has 0 aromatic carbocycles. The van der Waals surface area contributed by atoms with Crippen molar-refractivity contribution < 1.29 is 0 Å². The molecule has 0 spiro atoms. The molecule has 1 aliphatic carbocycles. The predicted octanol–water partition coefficient (Wildman–Crippen LogP) is 2.25. The van der Waals surface area contributed by atoms with E-state index in [-0.39, 0.29) is 0 Å². The van der Waals surface area contributed by atoms with Gasteiger partial charge in [-0.25, -0.2) is 0 Å². The lowest BCUT2D eigenvalue weighted by Gasteiger charge is -1.99. The molecular weight excluding hydrogens is 154 g/mol. The lowest BCUT2D eigenvalue weighted by molar-refractivity contribution is 0.640. The van der Waals surface area contributed by atoms with Crippen LogP contribution >= 0.6 is 11.3 Å². The fraction of sp³-hybridized carbons (Fsp3) is 0.556. The Morgan fingerprint density at radius 2 is 2.45 bits per heavy atom. The Balaban J connectivity index is 1.66. The van der Waals surface area contributed by atoms with E-state index in [1.54, 1.807) is 11.3 Å². The van der Waals surface area contributed by atoms with Crippen LogP contribution in [0.5, 0.6) is 0 Å². The van der Waals surface area contributed by atoms with E-state index < -0.39 is 0 Å². The molecule has 2 heteroatoms. The minimum atomic E-state index is 0.994. The lowest BCUT2D eigenvalue weighted by atomic mass is 10.3. The minimum Gasteiger partial charge on any atom is -0.312 e. The van der Waals surface area contributed by atoms with E-state index in [1.165, 1.54) is 24.9 Å². The Morgan fingerprint density at radius 1 is 1.55 bits per heavy atom. The van der Waals surface area contributed by atoms with E-state index >= 15 is 0 Å². The first kappa shape index (κ1) is 7.32. The molecule has 1 fully saturated rings. The number of hydrogen-bond acceptors (Lipinski definition) is 2.